The highest BCUT2D eigenvalue weighted by atomic mass is 127. The van der Waals surface area contributed by atoms with Crippen LogP contribution in [-0.4, -0.2) is 48.9 Å². The van der Waals surface area contributed by atoms with E-state index in [-0.39, 0.29) is 36.4 Å². The molecule has 0 radical (unpaired) electrons. The first-order valence-electron chi connectivity index (χ1n) is 7.16. The van der Waals surface area contributed by atoms with E-state index < -0.39 is 0 Å². The Morgan fingerprint density at radius 1 is 1.41 bits per heavy atom. The number of halogens is 1. The average molecular weight is 439 g/mol. The summed E-state index contributed by atoms with van der Waals surface area (Å²) in [4.78, 5) is 23.0. The van der Waals surface area contributed by atoms with Crippen molar-refractivity contribution in [3.8, 4) is 0 Å². The first-order valence-corrected chi connectivity index (χ1v) is 7.98. The van der Waals surface area contributed by atoms with E-state index in [1.54, 1.807) is 25.4 Å². The van der Waals surface area contributed by atoms with Gasteiger partial charge in [0, 0.05) is 31.7 Å². The molecule has 0 fully saturated rings. The lowest BCUT2D eigenvalue weighted by molar-refractivity contribution is -0.127. The second-order valence-corrected chi connectivity index (χ2v) is 6.27. The summed E-state index contributed by atoms with van der Waals surface area (Å²) in [7, 11) is 3.46. The molecule has 1 aromatic heterocycles. The Kier molecular flexibility index (Phi) is 11.2. The van der Waals surface area contributed by atoms with Crippen molar-refractivity contribution in [3.05, 3.63) is 16.1 Å². The molecule has 126 valence electrons. The molecule has 1 rings (SSSR count). The molecular weight excluding hydrogens is 413 g/mol. The number of amides is 1. The van der Waals surface area contributed by atoms with Crippen LogP contribution in [0.25, 0.3) is 0 Å². The molecule has 0 aliphatic rings. The van der Waals surface area contributed by atoms with Crippen molar-refractivity contribution >= 4 is 47.2 Å². The highest BCUT2D eigenvalue weighted by Gasteiger charge is 2.05. The largest absolute Gasteiger partial charge is 0.356 e. The molecular formula is C14H26IN5OS. The van der Waals surface area contributed by atoms with Crippen molar-refractivity contribution in [2.45, 2.75) is 33.2 Å². The molecule has 0 unspecified atom stereocenters. The zero-order valence-corrected chi connectivity index (χ0v) is 16.8. The molecule has 0 saturated carbocycles. The van der Waals surface area contributed by atoms with E-state index in [4.69, 9.17) is 0 Å². The molecule has 0 atom stereocenters. The Bertz CT molecular complexity index is 476. The summed E-state index contributed by atoms with van der Waals surface area (Å²) < 4.78 is 0. The van der Waals surface area contributed by atoms with Crippen LogP contribution in [0.3, 0.4) is 0 Å². The Morgan fingerprint density at radius 3 is 2.68 bits per heavy atom. The number of hydrogen-bond donors (Lipinski definition) is 2. The summed E-state index contributed by atoms with van der Waals surface area (Å²) >= 11 is 1.66. The van der Waals surface area contributed by atoms with E-state index >= 15 is 0 Å². The molecule has 8 heteroatoms. The van der Waals surface area contributed by atoms with Gasteiger partial charge in [0.2, 0.25) is 5.91 Å². The van der Waals surface area contributed by atoms with Crippen LogP contribution in [0, 0.1) is 6.92 Å². The van der Waals surface area contributed by atoms with Crippen molar-refractivity contribution < 1.29 is 4.79 Å². The van der Waals surface area contributed by atoms with Crippen LogP contribution in [0.1, 0.15) is 29.7 Å². The molecule has 1 heterocycles. The predicted octanol–water partition coefficient (Wildman–Crippen LogP) is 1.99. The van der Waals surface area contributed by atoms with Gasteiger partial charge >= 0.3 is 0 Å². The van der Waals surface area contributed by atoms with Crippen LogP contribution in [0.2, 0.25) is 0 Å². The van der Waals surface area contributed by atoms with Crippen LogP contribution in [-0.2, 0) is 11.3 Å². The number of nitrogens with zero attached hydrogens (tertiary/aromatic N) is 3. The summed E-state index contributed by atoms with van der Waals surface area (Å²) in [6, 6.07) is 0. The van der Waals surface area contributed by atoms with Crippen LogP contribution in [0.15, 0.2) is 11.2 Å². The van der Waals surface area contributed by atoms with Gasteiger partial charge in [-0.2, -0.15) is 0 Å². The minimum atomic E-state index is -0.0170. The molecule has 6 nitrogen and oxygen atoms in total. The normalized spacial score (nSPS) is 10.8. The van der Waals surface area contributed by atoms with Crippen LogP contribution in [0.4, 0.5) is 0 Å². The van der Waals surface area contributed by atoms with Crippen LogP contribution >= 0.6 is 35.3 Å². The van der Waals surface area contributed by atoms with Crippen molar-refractivity contribution in [2.75, 3.05) is 27.2 Å². The van der Waals surface area contributed by atoms with E-state index in [0.717, 1.165) is 24.4 Å². The maximum atomic E-state index is 11.6. The van der Waals surface area contributed by atoms with Crippen LogP contribution < -0.4 is 10.6 Å². The number of unbranched alkanes of at least 4 members (excludes halogenated alkanes) is 1. The maximum Gasteiger partial charge on any atom is 0.243 e. The van der Waals surface area contributed by atoms with Gasteiger partial charge in [0.15, 0.2) is 5.96 Å². The number of nitrogens with one attached hydrogen (secondary N) is 2. The molecule has 0 aliphatic carbocycles. The second kappa shape index (κ2) is 11.6. The molecule has 0 spiro atoms. The number of guanidine groups is 1. The molecule has 2 N–H and O–H groups in total. The number of carbonyl (C=O) groups is 1. The fraction of sp³-hybridized carbons (Fsp3) is 0.643. The highest BCUT2D eigenvalue weighted by Crippen LogP contribution is 2.10. The number of aromatic nitrogens is 1. The van der Waals surface area contributed by atoms with Gasteiger partial charge in [-0.15, -0.1) is 35.3 Å². The zero-order chi connectivity index (χ0) is 15.7. The van der Waals surface area contributed by atoms with E-state index in [1.165, 1.54) is 9.78 Å². The van der Waals surface area contributed by atoms with Gasteiger partial charge < -0.3 is 15.5 Å². The van der Waals surface area contributed by atoms with E-state index in [2.05, 4.69) is 27.5 Å². The van der Waals surface area contributed by atoms with E-state index in [9.17, 15) is 4.79 Å². The molecule has 0 aromatic carbocycles. The number of aliphatic imine (C=N–C) groups is 1. The Morgan fingerprint density at radius 2 is 2.14 bits per heavy atom. The number of rotatable bonds is 7. The summed E-state index contributed by atoms with van der Waals surface area (Å²) in [5, 5.41) is 7.47. The summed E-state index contributed by atoms with van der Waals surface area (Å²) in [5.74, 6) is 0.642. The molecule has 1 aromatic rings. The summed E-state index contributed by atoms with van der Waals surface area (Å²) in [6.45, 7) is 5.78. The predicted molar refractivity (Wildman–Crippen MR) is 103 cm³/mol. The third-order valence-electron chi connectivity index (χ3n) is 2.77. The van der Waals surface area contributed by atoms with Gasteiger partial charge in [-0.1, -0.05) is 13.3 Å². The highest BCUT2D eigenvalue weighted by molar-refractivity contribution is 14.0. The first-order chi connectivity index (χ1) is 10.0. The van der Waals surface area contributed by atoms with Crippen LogP contribution in [0.5, 0.6) is 0 Å². The van der Waals surface area contributed by atoms with Gasteiger partial charge in [0.05, 0.1) is 6.54 Å². The molecule has 1 amide bonds. The third kappa shape index (κ3) is 8.52. The standard InChI is InChI=1S/C14H25N5OS.HI/c1-5-6-7-15-14(18-10-13(20)19(3)4)17-9-12-16-8-11(2)21-12;/h8H,5-7,9-10H2,1-4H3,(H2,15,17,18);1H. The smallest absolute Gasteiger partial charge is 0.243 e. The number of thiazole rings is 1. The van der Waals surface area contributed by atoms with E-state index in [0.29, 0.717) is 12.5 Å². The number of carbonyl (C=O) groups excluding carboxylic acids is 1. The molecule has 0 saturated heterocycles. The second-order valence-electron chi connectivity index (χ2n) is 4.95. The van der Waals surface area contributed by atoms with Gasteiger partial charge in [-0.3, -0.25) is 4.79 Å². The molecule has 22 heavy (non-hydrogen) atoms. The van der Waals surface area contributed by atoms with Crippen molar-refractivity contribution in [1.29, 1.82) is 0 Å². The van der Waals surface area contributed by atoms with Crippen molar-refractivity contribution in [2.24, 2.45) is 4.99 Å². The fourth-order valence-corrected chi connectivity index (χ4v) is 2.22. The van der Waals surface area contributed by atoms with Gasteiger partial charge in [-0.25, -0.2) is 9.98 Å². The minimum Gasteiger partial charge on any atom is -0.356 e. The Labute approximate surface area is 153 Å². The Hall–Kier alpha value is -0.900. The lowest BCUT2D eigenvalue weighted by atomic mass is 10.3. The van der Waals surface area contributed by atoms with Gasteiger partial charge in [-0.05, 0) is 13.3 Å². The van der Waals surface area contributed by atoms with E-state index in [1.807, 2.05) is 13.1 Å². The summed E-state index contributed by atoms with van der Waals surface area (Å²) in [6.07, 6.45) is 4.04. The number of aryl methyl sites for hydroxylation is 1. The lowest BCUT2D eigenvalue weighted by Crippen LogP contribution is -2.38. The monoisotopic (exact) mass is 439 g/mol. The van der Waals surface area contributed by atoms with Gasteiger partial charge in [0.1, 0.15) is 11.6 Å². The zero-order valence-electron chi connectivity index (χ0n) is 13.7. The topological polar surface area (TPSA) is 69.6 Å². The average Bonchev–Trinajstić information content (AvgIpc) is 2.86. The summed E-state index contributed by atoms with van der Waals surface area (Å²) in [5.41, 5.74) is 0. The fourth-order valence-electron chi connectivity index (χ4n) is 1.49. The quantitative estimate of drug-likeness (QED) is 0.295. The minimum absolute atomic E-state index is 0. The number of likely N-dealkylation sites (N-methyl/N-ethyl adjacent to an activating group) is 1. The van der Waals surface area contributed by atoms with Crippen molar-refractivity contribution in [1.82, 2.24) is 20.5 Å². The van der Waals surface area contributed by atoms with Crippen molar-refractivity contribution in [3.63, 3.8) is 0 Å². The molecule has 0 aliphatic heterocycles. The third-order valence-corrected chi connectivity index (χ3v) is 3.68. The molecule has 0 bridgehead atoms. The Balaban J connectivity index is 0.00000441. The SMILES string of the molecule is CCCCNC(=NCC(=O)N(C)C)NCc1ncc(C)s1.I. The van der Waals surface area contributed by atoms with Gasteiger partial charge in [0.25, 0.3) is 0 Å². The lowest BCUT2D eigenvalue weighted by Gasteiger charge is -2.12. The maximum absolute atomic E-state index is 11.6. The number of hydrogen-bond acceptors (Lipinski definition) is 4. The first kappa shape index (κ1) is 21.1.